The van der Waals surface area contributed by atoms with Gasteiger partial charge in [0.1, 0.15) is 5.82 Å². The third-order valence-electron chi connectivity index (χ3n) is 4.03. The van der Waals surface area contributed by atoms with Gasteiger partial charge >= 0.3 is 0 Å². The lowest BCUT2D eigenvalue weighted by Gasteiger charge is -2.26. The largest absolute Gasteiger partial charge is 0.368 e. The second kappa shape index (κ2) is 7.79. The predicted molar refractivity (Wildman–Crippen MR) is 94.7 cm³/mol. The van der Waals surface area contributed by atoms with Gasteiger partial charge in [-0.25, -0.2) is 9.97 Å². The lowest BCUT2D eigenvalue weighted by molar-refractivity contribution is 0.237. The van der Waals surface area contributed by atoms with Crippen LogP contribution in [-0.2, 0) is 0 Å². The fourth-order valence-corrected chi connectivity index (χ4v) is 3.48. The van der Waals surface area contributed by atoms with Crippen LogP contribution in [0, 0.1) is 0 Å². The summed E-state index contributed by atoms with van der Waals surface area (Å²) >= 11 is 1.69. The molecule has 1 aromatic heterocycles. The van der Waals surface area contributed by atoms with Crippen LogP contribution in [0.4, 0.5) is 5.82 Å². The Kier molecular flexibility index (Phi) is 5.51. The molecule has 2 heterocycles. The normalized spacial score (nSPS) is 16.0. The highest BCUT2D eigenvalue weighted by molar-refractivity contribution is 7.99. The number of likely N-dealkylation sites (tertiary alicyclic amines) is 1. The quantitative estimate of drug-likeness (QED) is 0.651. The minimum absolute atomic E-state index is 0.863. The molecule has 1 saturated heterocycles. The van der Waals surface area contributed by atoms with Crippen LogP contribution < -0.4 is 5.32 Å². The summed E-state index contributed by atoms with van der Waals surface area (Å²) in [6.45, 7) is 6.64. The van der Waals surface area contributed by atoms with Gasteiger partial charge < -0.3 is 10.2 Å². The monoisotopic (exact) mass is 316 g/mol. The number of nitrogens with one attached hydrogen (secondary N) is 1. The Balaban J connectivity index is 1.70. The second-order valence-corrected chi connectivity index (χ2v) is 6.87. The Bertz CT molecular complexity index is 611. The van der Waals surface area contributed by atoms with Crippen LogP contribution in [0.5, 0.6) is 0 Å². The number of aromatic nitrogens is 2. The molecule has 5 heteroatoms. The number of fused-ring (bicyclic) bond motifs is 1. The number of benzene rings is 1. The molecular weight excluding hydrogens is 292 g/mol. The average molecular weight is 316 g/mol. The van der Waals surface area contributed by atoms with Gasteiger partial charge in [-0.1, -0.05) is 37.2 Å². The Morgan fingerprint density at radius 2 is 1.95 bits per heavy atom. The molecule has 0 unspecified atom stereocenters. The fourth-order valence-electron chi connectivity index (χ4n) is 2.90. The van der Waals surface area contributed by atoms with Crippen LogP contribution in [0.15, 0.2) is 29.4 Å². The van der Waals surface area contributed by atoms with Crippen LogP contribution in [0.2, 0.25) is 0 Å². The Morgan fingerprint density at radius 1 is 1.14 bits per heavy atom. The van der Waals surface area contributed by atoms with E-state index in [0.717, 1.165) is 40.7 Å². The predicted octanol–water partition coefficient (Wildman–Crippen LogP) is 3.64. The van der Waals surface area contributed by atoms with Gasteiger partial charge in [0.05, 0.1) is 5.52 Å². The van der Waals surface area contributed by atoms with Gasteiger partial charge in [0.25, 0.3) is 0 Å². The third kappa shape index (κ3) is 3.90. The minimum Gasteiger partial charge on any atom is -0.368 e. The summed E-state index contributed by atoms with van der Waals surface area (Å²) in [4.78, 5) is 11.9. The summed E-state index contributed by atoms with van der Waals surface area (Å²) in [6.07, 6.45) is 4.07. The topological polar surface area (TPSA) is 41.1 Å². The van der Waals surface area contributed by atoms with Crippen LogP contribution in [0.1, 0.15) is 26.2 Å². The zero-order valence-electron chi connectivity index (χ0n) is 13.2. The fraction of sp³-hybridized carbons (Fsp3) is 0.529. The van der Waals surface area contributed by atoms with Crippen molar-refractivity contribution in [3.8, 4) is 0 Å². The number of piperidine rings is 1. The van der Waals surface area contributed by atoms with Crippen molar-refractivity contribution in [1.82, 2.24) is 14.9 Å². The van der Waals surface area contributed by atoms with Gasteiger partial charge in [-0.05, 0) is 43.8 Å². The van der Waals surface area contributed by atoms with Crippen LogP contribution in [0.25, 0.3) is 10.9 Å². The van der Waals surface area contributed by atoms with E-state index in [1.54, 1.807) is 11.8 Å². The van der Waals surface area contributed by atoms with Crippen molar-refractivity contribution in [2.75, 3.05) is 37.2 Å². The van der Waals surface area contributed by atoms with E-state index < -0.39 is 0 Å². The van der Waals surface area contributed by atoms with E-state index in [-0.39, 0.29) is 0 Å². The molecule has 1 N–H and O–H groups in total. The van der Waals surface area contributed by atoms with Crippen molar-refractivity contribution in [2.45, 2.75) is 31.3 Å². The molecule has 0 bridgehead atoms. The zero-order chi connectivity index (χ0) is 15.2. The number of thioether (sulfide) groups is 1. The van der Waals surface area contributed by atoms with E-state index in [2.05, 4.69) is 34.3 Å². The molecule has 0 saturated carbocycles. The van der Waals surface area contributed by atoms with E-state index >= 15 is 0 Å². The summed E-state index contributed by atoms with van der Waals surface area (Å²) in [5.41, 5.74) is 1.02. The highest BCUT2D eigenvalue weighted by atomic mass is 32.2. The minimum atomic E-state index is 0.863. The van der Waals surface area contributed by atoms with Crippen molar-refractivity contribution in [1.29, 1.82) is 0 Å². The Labute approximate surface area is 136 Å². The Hall–Kier alpha value is -1.33. The van der Waals surface area contributed by atoms with Crippen molar-refractivity contribution >= 4 is 28.5 Å². The molecule has 0 amide bonds. The number of para-hydroxylation sites is 1. The number of hydrogen-bond donors (Lipinski definition) is 1. The molecule has 4 nitrogen and oxygen atoms in total. The summed E-state index contributed by atoms with van der Waals surface area (Å²) in [7, 11) is 0. The molecule has 1 aliphatic heterocycles. The molecule has 118 valence electrons. The SMILES string of the molecule is CCSc1nc(NCCN2CCCCC2)c2ccccc2n1. The number of anilines is 1. The first-order valence-electron chi connectivity index (χ1n) is 8.22. The highest BCUT2D eigenvalue weighted by Crippen LogP contribution is 2.24. The van der Waals surface area contributed by atoms with Crippen molar-refractivity contribution in [3.05, 3.63) is 24.3 Å². The molecule has 3 rings (SSSR count). The molecule has 1 fully saturated rings. The van der Waals surface area contributed by atoms with Crippen molar-refractivity contribution in [2.24, 2.45) is 0 Å². The zero-order valence-corrected chi connectivity index (χ0v) is 14.0. The molecule has 0 radical (unpaired) electrons. The number of nitrogens with zero attached hydrogens (tertiary/aromatic N) is 3. The van der Waals surface area contributed by atoms with Gasteiger partial charge in [-0.3, -0.25) is 0 Å². The second-order valence-electron chi connectivity index (χ2n) is 5.63. The third-order valence-corrected chi connectivity index (χ3v) is 4.75. The summed E-state index contributed by atoms with van der Waals surface area (Å²) < 4.78 is 0. The van der Waals surface area contributed by atoms with Gasteiger partial charge in [0, 0.05) is 18.5 Å². The van der Waals surface area contributed by atoms with E-state index in [4.69, 9.17) is 4.98 Å². The van der Waals surface area contributed by atoms with E-state index in [9.17, 15) is 0 Å². The van der Waals surface area contributed by atoms with Gasteiger partial charge in [0.15, 0.2) is 5.16 Å². The van der Waals surface area contributed by atoms with Gasteiger partial charge in [-0.2, -0.15) is 0 Å². The molecule has 0 spiro atoms. The number of rotatable bonds is 6. The maximum absolute atomic E-state index is 4.70. The standard InChI is InChI=1S/C17H24N4S/c1-2-22-17-19-15-9-5-4-8-14(15)16(20-17)18-10-13-21-11-6-3-7-12-21/h4-5,8-9H,2-3,6-7,10-13H2,1H3,(H,18,19,20). The van der Waals surface area contributed by atoms with Crippen molar-refractivity contribution in [3.63, 3.8) is 0 Å². The maximum atomic E-state index is 4.70. The molecule has 22 heavy (non-hydrogen) atoms. The number of hydrogen-bond acceptors (Lipinski definition) is 5. The van der Waals surface area contributed by atoms with Gasteiger partial charge in [-0.15, -0.1) is 0 Å². The molecule has 1 aliphatic rings. The van der Waals surface area contributed by atoms with E-state index in [0.29, 0.717) is 0 Å². The molecule has 2 aromatic rings. The lowest BCUT2D eigenvalue weighted by Crippen LogP contribution is -2.33. The average Bonchev–Trinajstić information content (AvgIpc) is 2.56. The first-order valence-corrected chi connectivity index (χ1v) is 9.21. The van der Waals surface area contributed by atoms with E-state index in [1.165, 1.54) is 32.4 Å². The summed E-state index contributed by atoms with van der Waals surface area (Å²) in [5.74, 6) is 1.96. The maximum Gasteiger partial charge on any atom is 0.190 e. The Morgan fingerprint density at radius 3 is 2.77 bits per heavy atom. The van der Waals surface area contributed by atoms with E-state index in [1.807, 2.05) is 12.1 Å². The summed E-state index contributed by atoms with van der Waals surface area (Å²) in [6, 6.07) is 8.24. The smallest absolute Gasteiger partial charge is 0.190 e. The first-order chi connectivity index (χ1) is 10.9. The van der Waals surface area contributed by atoms with Crippen LogP contribution >= 0.6 is 11.8 Å². The molecule has 1 aromatic carbocycles. The molecule has 0 aliphatic carbocycles. The van der Waals surface area contributed by atoms with Gasteiger partial charge in [0.2, 0.25) is 0 Å². The van der Waals surface area contributed by atoms with Crippen LogP contribution in [-0.4, -0.2) is 46.8 Å². The molecular formula is C17H24N4S. The van der Waals surface area contributed by atoms with Crippen molar-refractivity contribution < 1.29 is 0 Å². The molecule has 0 atom stereocenters. The lowest BCUT2D eigenvalue weighted by atomic mass is 10.1. The first kappa shape index (κ1) is 15.6. The highest BCUT2D eigenvalue weighted by Gasteiger charge is 2.11. The summed E-state index contributed by atoms with van der Waals surface area (Å²) in [5, 5.41) is 5.50. The van der Waals surface area contributed by atoms with Crippen LogP contribution in [0.3, 0.4) is 0 Å².